The molecule has 0 spiro atoms. The zero-order valence-corrected chi connectivity index (χ0v) is 5.00. The average Bonchev–Trinajstić information content (AvgIpc) is 2.38. The van der Waals surface area contributed by atoms with Gasteiger partial charge in [-0.1, -0.05) is 0 Å². The van der Waals surface area contributed by atoms with Gasteiger partial charge in [-0.25, -0.2) is 9.18 Å². The topological polar surface area (TPSA) is 55.0 Å². The van der Waals surface area contributed by atoms with Crippen molar-refractivity contribution in [3.63, 3.8) is 0 Å². The van der Waals surface area contributed by atoms with Crippen LogP contribution >= 0.6 is 0 Å². The highest BCUT2D eigenvalue weighted by Crippen LogP contribution is 1.94. The molecular weight excluding hydrogens is 139 g/mol. The molecular formula is C5H5FN2O2. The van der Waals surface area contributed by atoms with E-state index in [4.69, 9.17) is 0 Å². The van der Waals surface area contributed by atoms with Crippen LogP contribution in [0.25, 0.3) is 0 Å². The Hall–Kier alpha value is -1.39. The molecule has 1 aromatic rings. The number of aromatic nitrogens is 2. The van der Waals surface area contributed by atoms with Crippen LogP contribution < -0.4 is 0 Å². The molecule has 0 amide bonds. The number of alkyl halides is 1. The molecule has 0 saturated carbocycles. The van der Waals surface area contributed by atoms with Crippen molar-refractivity contribution in [2.45, 2.75) is 0 Å². The van der Waals surface area contributed by atoms with Gasteiger partial charge in [0.15, 0.2) is 0 Å². The van der Waals surface area contributed by atoms with E-state index in [9.17, 15) is 9.18 Å². The Bertz CT molecular complexity index is 209. The maximum atomic E-state index is 11.4. The largest absolute Gasteiger partial charge is 0.429 e. The molecule has 5 heteroatoms. The summed E-state index contributed by atoms with van der Waals surface area (Å²) in [5.74, 6) is -0.736. The van der Waals surface area contributed by atoms with Crippen LogP contribution in [-0.2, 0) is 4.74 Å². The number of nitrogens with one attached hydrogen (secondary N) is 1. The van der Waals surface area contributed by atoms with Crippen molar-refractivity contribution < 1.29 is 13.9 Å². The fraction of sp³-hybridized carbons (Fsp3) is 0.200. The molecule has 0 aliphatic carbocycles. The molecule has 0 atom stereocenters. The summed E-state index contributed by atoms with van der Waals surface area (Å²) in [6.45, 7) is -1.11. The van der Waals surface area contributed by atoms with Crippen molar-refractivity contribution in [2.24, 2.45) is 0 Å². The van der Waals surface area contributed by atoms with E-state index < -0.39 is 12.8 Å². The summed E-state index contributed by atoms with van der Waals surface area (Å²) in [6, 6.07) is 1.40. The molecule has 0 aliphatic rings. The lowest BCUT2D eigenvalue weighted by Gasteiger charge is -1.93. The molecule has 1 rings (SSSR count). The lowest BCUT2D eigenvalue weighted by molar-refractivity contribution is 0.0317. The second-order valence-electron chi connectivity index (χ2n) is 1.51. The first-order chi connectivity index (χ1) is 4.84. The molecule has 0 fully saturated rings. The van der Waals surface area contributed by atoms with Gasteiger partial charge in [-0.3, -0.25) is 5.10 Å². The molecule has 0 aliphatic heterocycles. The van der Waals surface area contributed by atoms with E-state index in [1.807, 2.05) is 0 Å². The molecule has 0 unspecified atom stereocenters. The summed E-state index contributed by atoms with van der Waals surface area (Å²) < 4.78 is 15.4. The second kappa shape index (κ2) is 2.95. The maximum absolute atomic E-state index is 11.4. The number of esters is 1. The number of ether oxygens (including phenoxy) is 1. The standard InChI is InChI=1S/C5H5FN2O2/c6-3-10-5(9)4-1-2-7-8-4/h1-2H,3H2,(H,7,8). The van der Waals surface area contributed by atoms with Crippen molar-refractivity contribution >= 4 is 5.97 Å². The van der Waals surface area contributed by atoms with Gasteiger partial charge < -0.3 is 4.74 Å². The Labute approximate surface area is 56.0 Å². The Balaban J connectivity index is 2.59. The molecule has 1 heterocycles. The first-order valence-electron chi connectivity index (χ1n) is 2.57. The molecule has 54 valence electrons. The van der Waals surface area contributed by atoms with Gasteiger partial charge in [-0.2, -0.15) is 5.10 Å². The fourth-order valence-electron chi connectivity index (χ4n) is 0.497. The van der Waals surface area contributed by atoms with E-state index in [-0.39, 0.29) is 5.69 Å². The predicted molar refractivity (Wildman–Crippen MR) is 30.0 cm³/mol. The first kappa shape index (κ1) is 6.73. The molecule has 4 nitrogen and oxygen atoms in total. The van der Waals surface area contributed by atoms with E-state index in [2.05, 4.69) is 14.9 Å². The lowest BCUT2D eigenvalue weighted by Crippen LogP contribution is -2.03. The van der Waals surface area contributed by atoms with Crippen molar-refractivity contribution in [3.8, 4) is 0 Å². The number of hydrogen-bond donors (Lipinski definition) is 1. The SMILES string of the molecule is O=C(OCF)c1ccn[nH]1. The highest BCUT2D eigenvalue weighted by atomic mass is 19.1. The zero-order valence-electron chi connectivity index (χ0n) is 5.00. The Kier molecular flexibility index (Phi) is 1.99. The van der Waals surface area contributed by atoms with Crippen LogP contribution in [0.15, 0.2) is 12.3 Å². The number of aromatic amines is 1. The zero-order chi connectivity index (χ0) is 7.40. The molecule has 1 aromatic heterocycles. The van der Waals surface area contributed by atoms with E-state index in [1.165, 1.54) is 12.3 Å². The van der Waals surface area contributed by atoms with Crippen LogP contribution in [0.4, 0.5) is 4.39 Å². The fourth-order valence-corrected chi connectivity index (χ4v) is 0.497. The van der Waals surface area contributed by atoms with Crippen molar-refractivity contribution in [1.82, 2.24) is 10.2 Å². The number of nitrogens with zero attached hydrogens (tertiary/aromatic N) is 1. The third-order valence-electron chi connectivity index (χ3n) is 0.906. The second-order valence-corrected chi connectivity index (χ2v) is 1.51. The van der Waals surface area contributed by atoms with Crippen LogP contribution in [-0.4, -0.2) is 23.0 Å². The molecule has 0 radical (unpaired) electrons. The van der Waals surface area contributed by atoms with Gasteiger partial charge in [-0.15, -0.1) is 0 Å². The van der Waals surface area contributed by atoms with Gasteiger partial charge in [0.25, 0.3) is 0 Å². The number of carbonyl (C=O) groups is 1. The summed E-state index contributed by atoms with van der Waals surface area (Å²) >= 11 is 0. The van der Waals surface area contributed by atoms with Crippen molar-refractivity contribution in [2.75, 3.05) is 6.86 Å². The molecule has 0 bridgehead atoms. The number of hydrogen-bond acceptors (Lipinski definition) is 3. The maximum Gasteiger partial charge on any atom is 0.358 e. The monoisotopic (exact) mass is 144 g/mol. The van der Waals surface area contributed by atoms with Gasteiger partial charge in [0, 0.05) is 6.20 Å². The summed E-state index contributed by atoms with van der Waals surface area (Å²) in [5, 5.41) is 5.81. The van der Waals surface area contributed by atoms with Crippen molar-refractivity contribution in [3.05, 3.63) is 18.0 Å². The normalized spacial score (nSPS) is 9.30. The van der Waals surface area contributed by atoms with E-state index in [0.717, 1.165) is 0 Å². The highest BCUT2D eigenvalue weighted by Gasteiger charge is 2.06. The minimum absolute atomic E-state index is 0.151. The van der Waals surface area contributed by atoms with E-state index >= 15 is 0 Å². The summed E-state index contributed by atoms with van der Waals surface area (Å²) in [6.07, 6.45) is 1.38. The minimum atomic E-state index is -1.11. The molecule has 1 N–H and O–H groups in total. The predicted octanol–water partition coefficient (Wildman–Crippen LogP) is 0.493. The first-order valence-corrected chi connectivity index (χ1v) is 2.57. The van der Waals surface area contributed by atoms with Crippen LogP contribution in [0.5, 0.6) is 0 Å². The third-order valence-corrected chi connectivity index (χ3v) is 0.906. The summed E-state index contributed by atoms with van der Waals surface area (Å²) in [4.78, 5) is 10.6. The molecule has 10 heavy (non-hydrogen) atoms. The Morgan fingerprint density at radius 2 is 2.70 bits per heavy atom. The number of H-pyrrole nitrogens is 1. The minimum Gasteiger partial charge on any atom is -0.429 e. The van der Waals surface area contributed by atoms with Crippen LogP contribution in [0, 0.1) is 0 Å². The van der Waals surface area contributed by atoms with E-state index in [0.29, 0.717) is 0 Å². The van der Waals surface area contributed by atoms with Gasteiger partial charge in [0.2, 0.25) is 6.86 Å². The smallest absolute Gasteiger partial charge is 0.358 e. The van der Waals surface area contributed by atoms with Gasteiger partial charge >= 0.3 is 5.97 Å². The van der Waals surface area contributed by atoms with Gasteiger partial charge in [0.1, 0.15) is 5.69 Å². The van der Waals surface area contributed by atoms with Crippen LogP contribution in [0.2, 0.25) is 0 Å². The number of halogens is 1. The number of carbonyl (C=O) groups excluding carboxylic acids is 1. The molecule has 0 saturated heterocycles. The number of rotatable bonds is 2. The van der Waals surface area contributed by atoms with Gasteiger partial charge in [0.05, 0.1) is 0 Å². The quantitative estimate of drug-likeness (QED) is 0.614. The third kappa shape index (κ3) is 1.31. The van der Waals surface area contributed by atoms with Crippen LogP contribution in [0.3, 0.4) is 0 Å². The van der Waals surface area contributed by atoms with E-state index in [1.54, 1.807) is 0 Å². The highest BCUT2D eigenvalue weighted by molar-refractivity contribution is 5.86. The van der Waals surface area contributed by atoms with Crippen molar-refractivity contribution in [1.29, 1.82) is 0 Å². The summed E-state index contributed by atoms with van der Waals surface area (Å²) in [7, 11) is 0. The summed E-state index contributed by atoms with van der Waals surface area (Å²) in [5.41, 5.74) is 0.151. The average molecular weight is 144 g/mol. The van der Waals surface area contributed by atoms with Gasteiger partial charge in [-0.05, 0) is 6.07 Å². The van der Waals surface area contributed by atoms with Crippen LogP contribution in [0.1, 0.15) is 10.5 Å². The lowest BCUT2D eigenvalue weighted by atomic mass is 10.4. The Morgan fingerprint density at radius 3 is 3.20 bits per heavy atom. The Morgan fingerprint density at radius 1 is 1.90 bits per heavy atom. The molecule has 0 aromatic carbocycles.